The van der Waals surface area contributed by atoms with Crippen LogP contribution in [-0.4, -0.2) is 77.7 Å². The second-order valence-electron chi connectivity index (χ2n) is 14.9. The Bertz CT molecular complexity index is 1610. The number of pyridine rings is 1. The van der Waals surface area contributed by atoms with Gasteiger partial charge in [-0.2, -0.15) is 0 Å². The van der Waals surface area contributed by atoms with Crippen molar-refractivity contribution in [1.29, 1.82) is 0 Å². The number of methoxy groups -OCH3 is 1. The number of rotatable bonds is 12. The summed E-state index contributed by atoms with van der Waals surface area (Å²) in [7, 11) is 1.71. The van der Waals surface area contributed by atoms with E-state index in [1.807, 2.05) is 74.2 Å². The Hall–Kier alpha value is -4.44. The quantitative estimate of drug-likeness (QED) is 0.218. The van der Waals surface area contributed by atoms with Gasteiger partial charge in [-0.1, -0.05) is 36.4 Å². The van der Waals surface area contributed by atoms with E-state index in [2.05, 4.69) is 22.4 Å². The van der Waals surface area contributed by atoms with Crippen LogP contribution < -0.4 is 10.1 Å². The van der Waals surface area contributed by atoms with Crippen molar-refractivity contribution in [2.75, 3.05) is 33.4 Å². The van der Waals surface area contributed by atoms with Crippen LogP contribution in [0.25, 0.3) is 0 Å². The van der Waals surface area contributed by atoms with Gasteiger partial charge in [0.05, 0.1) is 11.8 Å². The van der Waals surface area contributed by atoms with Crippen LogP contribution in [0.15, 0.2) is 73.1 Å². The van der Waals surface area contributed by atoms with Crippen LogP contribution in [0.1, 0.15) is 76.0 Å². The number of ether oxygens (including phenoxy) is 3. The highest BCUT2D eigenvalue weighted by Crippen LogP contribution is 2.50. The molecule has 3 heterocycles. The Labute approximate surface area is 295 Å². The summed E-state index contributed by atoms with van der Waals surface area (Å²) in [6.45, 7) is 7.31. The number of unbranched alkanes of at least 4 members (excludes halogenated alkanes) is 1. The maximum atomic E-state index is 14.3. The van der Waals surface area contributed by atoms with Crippen molar-refractivity contribution < 1.29 is 28.6 Å². The van der Waals surface area contributed by atoms with Gasteiger partial charge in [0.2, 0.25) is 11.8 Å². The summed E-state index contributed by atoms with van der Waals surface area (Å²) in [5, 5.41) is 3.32. The van der Waals surface area contributed by atoms with Crippen molar-refractivity contribution >= 4 is 17.9 Å². The van der Waals surface area contributed by atoms with Gasteiger partial charge in [-0.3, -0.25) is 14.6 Å². The van der Waals surface area contributed by atoms with Crippen molar-refractivity contribution in [3.63, 3.8) is 0 Å². The number of aromatic nitrogens is 1. The minimum absolute atomic E-state index is 0.0303. The maximum Gasteiger partial charge on any atom is 0.410 e. The molecule has 2 aromatic carbocycles. The molecular weight excluding hydrogens is 632 g/mol. The van der Waals surface area contributed by atoms with Gasteiger partial charge in [0, 0.05) is 74.9 Å². The fraction of sp³-hybridized carbons (Fsp3) is 0.500. The van der Waals surface area contributed by atoms with Gasteiger partial charge in [-0.05, 0) is 89.1 Å². The third kappa shape index (κ3) is 8.12. The number of nitrogens with zero attached hydrogens (tertiary/aromatic N) is 3. The largest absolute Gasteiger partial charge is 0.457 e. The van der Waals surface area contributed by atoms with E-state index in [4.69, 9.17) is 14.2 Å². The number of piperidine rings is 1. The smallest absolute Gasteiger partial charge is 0.410 e. The summed E-state index contributed by atoms with van der Waals surface area (Å²) in [5.74, 6) is 0.213. The highest BCUT2D eigenvalue weighted by Gasteiger charge is 2.45. The molecule has 266 valence electrons. The lowest BCUT2D eigenvalue weighted by molar-refractivity contribution is -0.140. The van der Waals surface area contributed by atoms with Crippen molar-refractivity contribution in [2.24, 2.45) is 11.8 Å². The molecule has 3 amide bonds. The Morgan fingerprint density at radius 2 is 1.58 bits per heavy atom. The highest BCUT2D eigenvalue weighted by atomic mass is 16.6. The van der Waals surface area contributed by atoms with Gasteiger partial charge < -0.3 is 29.3 Å². The summed E-state index contributed by atoms with van der Waals surface area (Å²) in [4.78, 5) is 49.7. The Morgan fingerprint density at radius 1 is 0.940 bits per heavy atom. The minimum atomic E-state index is -0.716. The summed E-state index contributed by atoms with van der Waals surface area (Å²) < 4.78 is 17.5. The van der Waals surface area contributed by atoms with E-state index in [0.29, 0.717) is 26.1 Å². The van der Waals surface area contributed by atoms with E-state index in [0.717, 1.165) is 60.3 Å². The van der Waals surface area contributed by atoms with E-state index in [-0.39, 0.29) is 30.9 Å². The number of nitrogens with one attached hydrogen (secondary N) is 1. The molecule has 0 bridgehead atoms. The van der Waals surface area contributed by atoms with Gasteiger partial charge in [-0.15, -0.1) is 0 Å². The first-order chi connectivity index (χ1) is 24.1. The number of para-hydroxylation sites is 2. The highest BCUT2D eigenvalue weighted by molar-refractivity contribution is 5.85. The molecule has 1 aromatic heterocycles. The first kappa shape index (κ1) is 35.4. The fourth-order valence-corrected chi connectivity index (χ4v) is 7.41. The number of fused-ring (bicyclic) bond motifs is 2. The van der Waals surface area contributed by atoms with Crippen LogP contribution in [0.2, 0.25) is 0 Å². The van der Waals surface area contributed by atoms with Crippen LogP contribution in [-0.2, 0) is 31.0 Å². The predicted octanol–water partition coefficient (Wildman–Crippen LogP) is 6.47. The molecule has 2 aliphatic heterocycles. The second-order valence-corrected chi connectivity index (χ2v) is 14.9. The van der Waals surface area contributed by atoms with E-state index < -0.39 is 28.9 Å². The SMILES string of the molecule is COCCCCC1(CNC(=O)[C@H]2C[C@@H](C(=O)N(Cc3ccncc3)C3CC3)CN(C(=O)OC(C)(C)C)C2)c2ccccc2Oc2ccccc21. The average molecular weight is 683 g/mol. The van der Waals surface area contributed by atoms with Gasteiger partial charge >= 0.3 is 6.09 Å². The molecule has 1 saturated heterocycles. The number of carbonyl (C=O) groups is 3. The number of benzene rings is 2. The van der Waals surface area contributed by atoms with Crippen LogP contribution in [0.5, 0.6) is 11.5 Å². The molecule has 10 heteroatoms. The van der Waals surface area contributed by atoms with Crippen LogP contribution in [0.3, 0.4) is 0 Å². The first-order valence-electron chi connectivity index (χ1n) is 17.9. The summed E-state index contributed by atoms with van der Waals surface area (Å²) in [6.07, 6.45) is 7.73. The van der Waals surface area contributed by atoms with E-state index in [1.54, 1.807) is 24.4 Å². The zero-order chi connectivity index (χ0) is 35.3. The van der Waals surface area contributed by atoms with Crippen LogP contribution in [0.4, 0.5) is 4.79 Å². The molecule has 3 aromatic rings. The normalized spacial score (nSPS) is 19.4. The third-order valence-corrected chi connectivity index (χ3v) is 9.99. The summed E-state index contributed by atoms with van der Waals surface area (Å²) in [6, 6.07) is 20.1. The number of carbonyl (C=O) groups excluding carboxylic acids is 3. The lowest BCUT2D eigenvalue weighted by atomic mass is 9.69. The number of likely N-dealkylation sites (tertiary alicyclic amines) is 1. The lowest BCUT2D eigenvalue weighted by Crippen LogP contribution is -2.54. The van der Waals surface area contributed by atoms with Crippen LogP contribution in [0, 0.1) is 11.8 Å². The molecule has 0 spiro atoms. The topological polar surface area (TPSA) is 110 Å². The number of hydrogen-bond acceptors (Lipinski definition) is 7. The van der Waals surface area contributed by atoms with Crippen molar-refractivity contribution in [2.45, 2.75) is 82.9 Å². The fourth-order valence-electron chi connectivity index (χ4n) is 7.41. The zero-order valence-electron chi connectivity index (χ0n) is 29.7. The van der Waals surface area contributed by atoms with Crippen molar-refractivity contribution in [3.05, 3.63) is 89.7 Å². The molecule has 2 atom stereocenters. The molecule has 0 unspecified atom stereocenters. The molecular formula is C40H50N4O6. The number of hydrogen-bond donors (Lipinski definition) is 1. The van der Waals surface area contributed by atoms with Gasteiger partial charge in [-0.25, -0.2) is 4.79 Å². The first-order valence-corrected chi connectivity index (χ1v) is 17.9. The summed E-state index contributed by atoms with van der Waals surface area (Å²) >= 11 is 0. The molecule has 1 saturated carbocycles. The molecule has 1 N–H and O–H groups in total. The molecule has 10 nitrogen and oxygen atoms in total. The molecule has 1 aliphatic carbocycles. The van der Waals surface area contributed by atoms with Crippen molar-refractivity contribution in [1.82, 2.24) is 20.1 Å². The Balaban J connectivity index is 1.26. The average Bonchev–Trinajstić information content (AvgIpc) is 3.96. The molecule has 3 aliphatic rings. The standard InChI is InChI=1S/C40H50N4O6/c1-39(2,3)50-38(47)43-25-29(23-30(26-43)37(46)44(31-15-16-31)24-28-17-20-41-21-18-28)36(45)42-27-40(19-9-10-22-48-4)32-11-5-7-13-34(32)49-35-14-8-6-12-33(35)40/h5-8,11-14,17-18,20-21,29-31H,9-10,15-16,19,22-27H2,1-4H3,(H,42,45)/t29-,30+/m0/s1. The molecule has 6 rings (SSSR count). The van der Waals surface area contributed by atoms with E-state index in [9.17, 15) is 14.4 Å². The van der Waals surface area contributed by atoms with Gasteiger partial charge in [0.1, 0.15) is 17.1 Å². The molecule has 0 radical (unpaired) electrons. The summed E-state index contributed by atoms with van der Waals surface area (Å²) in [5.41, 5.74) is 1.80. The van der Waals surface area contributed by atoms with Gasteiger partial charge in [0.15, 0.2) is 0 Å². The maximum absolute atomic E-state index is 14.3. The second kappa shape index (κ2) is 15.2. The Morgan fingerprint density at radius 3 is 2.20 bits per heavy atom. The zero-order valence-corrected chi connectivity index (χ0v) is 29.7. The number of amides is 3. The lowest BCUT2D eigenvalue weighted by Gasteiger charge is -2.42. The predicted molar refractivity (Wildman–Crippen MR) is 190 cm³/mol. The Kier molecular flexibility index (Phi) is 10.8. The van der Waals surface area contributed by atoms with E-state index >= 15 is 0 Å². The van der Waals surface area contributed by atoms with E-state index in [1.165, 1.54) is 0 Å². The van der Waals surface area contributed by atoms with Gasteiger partial charge in [0.25, 0.3) is 0 Å². The van der Waals surface area contributed by atoms with Crippen LogP contribution >= 0.6 is 0 Å². The monoisotopic (exact) mass is 682 g/mol. The molecule has 2 fully saturated rings. The third-order valence-electron chi connectivity index (χ3n) is 9.99. The minimum Gasteiger partial charge on any atom is -0.457 e. The van der Waals surface area contributed by atoms with Crippen molar-refractivity contribution in [3.8, 4) is 11.5 Å². The molecule has 50 heavy (non-hydrogen) atoms.